The van der Waals surface area contributed by atoms with Crippen molar-refractivity contribution in [3.63, 3.8) is 0 Å². The number of rotatable bonds is 5. The van der Waals surface area contributed by atoms with Gasteiger partial charge in [0.1, 0.15) is 5.75 Å². The molecule has 0 aromatic heterocycles. The number of fused-ring (bicyclic) bond motifs is 1. The number of phenols is 1. The van der Waals surface area contributed by atoms with Crippen molar-refractivity contribution in [2.75, 3.05) is 13.1 Å². The zero-order chi connectivity index (χ0) is 13.8. The molecule has 19 heavy (non-hydrogen) atoms. The Hall–Kier alpha value is -1.02. The molecule has 0 aliphatic heterocycles. The lowest BCUT2D eigenvalue weighted by atomic mass is 9.80. The van der Waals surface area contributed by atoms with Gasteiger partial charge in [-0.25, -0.2) is 0 Å². The summed E-state index contributed by atoms with van der Waals surface area (Å²) in [7, 11) is 0. The first-order valence-electron chi connectivity index (χ1n) is 7.70. The molecule has 0 spiro atoms. The third-order valence-electron chi connectivity index (χ3n) is 4.31. The molecule has 0 amide bonds. The summed E-state index contributed by atoms with van der Waals surface area (Å²) in [6.07, 6.45) is 4.67. The Balaban J connectivity index is 2.18. The number of aromatic hydroxyl groups is 1. The highest BCUT2D eigenvalue weighted by Gasteiger charge is 2.29. The second-order valence-electron chi connectivity index (χ2n) is 5.94. The van der Waals surface area contributed by atoms with Crippen molar-refractivity contribution in [2.45, 2.75) is 52.5 Å². The van der Waals surface area contributed by atoms with Gasteiger partial charge >= 0.3 is 0 Å². The third kappa shape index (κ3) is 3.30. The van der Waals surface area contributed by atoms with E-state index in [2.05, 4.69) is 31.7 Å². The molecule has 1 aromatic rings. The van der Waals surface area contributed by atoms with Crippen LogP contribution in [0.3, 0.4) is 0 Å². The van der Waals surface area contributed by atoms with Gasteiger partial charge in [-0.3, -0.25) is 4.90 Å². The van der Waals surface area contributed by atoms with Gasteiger partial charge in [0, 0.05) is 6.04 Å². The average Bonchev–Trinajstić information content (AvgIpc) is 2.38. The van der Waals surface area contributed by atoms with Gasteiger partial charge in [-0.15, -0.1) is 0 Å². The molecule has 0 bridgehead atoms. The lowest BCUT2D eigenvalue weighted by molar-refractivity contribution is 0.139. The molecule has 1 aromatic carbocycles. The Morgan fingerprint density at radius 1 is 1.11 bits per heavy atom. The molecule has 1 aliphatic rings. The molecule has 1 N–H and O–H groups in total. The Bertz CT molecular complexity index is 410. The summed E-state index contributed by atoms with van der Waals surface area (Å²) in [5, 5.41) is 9.67. The highest BCUT2D eigenvalue weighted by atomic mass is 16.3. The lowest BCUT2D eigenvalue weighted by Crippen LogP contribution is -2.45. The molecule has 0 heterocycles. The fourth-order valence-corrected chi connectivity index (χ4v) is 3.42. The molecule has 0 radical (unpaired) electrons. The number of hydrogen-bond acceptors (Lipinski definition) is 2. The van der Waals surface area contributed by atoms with E-state index in [0.29, 0.717) is 17.7 Å². The maximum Gasteiger partial charge on any atom is 0.115 e. The van der Waals surface area contributed by atoms with Crippen molar-refractivity contribution in [2.24, 2.45) is 5.92 Å². The van der Waals surface area contributed by atoms with Crippen LogP contribution < -0.4 is 0 Å². The summed E-state index contributed by atoms with van der Waals surface area (Å²) in [5.41, 5.74) is 2.77. The summed E-state index contributed by atoms with van der Waals surface area (Å²) in [4.78, 5) is 2.65. The minimum atomic E-state index is 0.407. The fraction of sp³-hybridized carbons (Fsp3) is 0.647. The molecule has 1 aliphatic carbocycles. The van der Waals surface area contributed by atoms with E-state index >= 15 is 0 Å². The Labute approximate surface area is 117 Å². The van der Waals surface area contributed by atoms with Crippen molar-refractivity contribution >= 4 is 0 Å². The predicted octanol–water partition coefficient (Wildman–Crippen LogP) is 3.62. The van der Waals surface area contributed by atoms with Crippen LogP contribution in [0.25, 0.3) is 0 Å². The SMILES string of the molecule is CCCN(CCC)[C@H]1Cc2cc(O)ccc2C[C@@H]1C. The van der Waals surface area contributed by atoms with E-state index in [1.54, 1.807) is 0 Å². The molecule has 2 atom stereocenters. The fourth-order valence-electron chi connectivity index (χ4n) is 3.42. The Morgan fingerprint density at radius 3 is 2.42 bits per heavy atom. The molecule has 2 heteroatoms. The molecule has 2 nitrogen and oxygen atoms in total. The van der Waals surface area contributed by atoms with Gasteiger partial charge in [0.25, 0.3) is 0 Å². The predicted molar refractivity (Wildman–Crippen MR) is 80.6 cm³/mol. The molecular weight excluding hydrogens is 234 g/mol. The van der Waals surface area contributed by atoms with Gasteiger partial charge in [0.15, 0.2) is 0 Å². The summed E-state index contributed by atoms with van der Waals surface area (Å²) in [5.74, 6) is 1.11. The van der Waals surface area contributed by atoms with Crippen LogP contribution >= 0.6 is 0 Å². The maximum absolute atomic E-state index is 9.67. The molecule has 0 saturated heterocycles. The zero-order valence-corrected chi connectivity index (χ0v) is 12.5. The summed E-state index contributed by atoms with van der Waals surface area (Å²) < 4.78 is 0. The van der Waals surface area contributed by atoms with E-state index in [9.17, 15) is 5.11 Å². The number of benzene rings is 1. The van der Waals surface area contributed by atoms with E-state index < -0.39 is 0 Å². The quantitative estimate of drug-likeness (QED) is 0.875. The summed E-state index contributed by atoms with van der Waals surface area (Å²) >= 11 is 0. The monoisotopic (exact) mass is 261 g/mol. The first-order valence-corrected chi connectivity index (χ1v) is 7.70. The summed E-state index contributed by atoms with van der Waals surface area (Å²) in [6.45, 7) is 9.28. The zero-order valence-electron chi connectivity index (χ0n) is 12.5. The molecule has 106 valence electrons. The normalized spacial score (nSPS) is 22.5. The minimum absolute atomic E-state index is 0.407. The van der Waals surface area contributed by atoms with Crippen molar-refractivity contribution in [1.29, 1.82) is 0 Å². The second kappa shape index (κ2) is 6.42. The van der Waals surface area contributed by atoms with Crippen LogP contribution in [0.2, 0.25) is 0 Å². The van der Waals surface area contributed by atoms with Gasteiger partial charge in [-0.05, 0) is 68.0 Å². The molecule has 0 saturated carbocycles. The van der Waals surface area contributed by atoms with Crippen LogP contribution in [0.15, 0.2) is 18.2 Å². The highest BCUT2D eigenvalue weighted by Crippen LogP contribution is 2.31. The largest absolute Gasteiger partial charge is 0.508 e. The standard InChI is InChI=1S/C17H27NO/c1-4-8-18(9-5-2)17-12-15-11-16(19)7-6-14(15)10-13(17)3/h6-7,11,13,17,19H,4-5,8-10,12H2,1-3H3/t13-,17-/m0/s1. The van der Waals surface area contributed by atoms with Crippen LogP contribution in [0, 0.1) is 5.92 Å². The van der Waals surface area contributed by atoms with Crippen LogP contribution in [0.4, 0.5) is 0 Å². The van der Waals surface area contributed by atoms with E-state index in [1.165, 1.54) is 37.1 Å². The van der Waals surface area contributed by atoms with E-state index in [0.717, 1.165) is 12.8 Å². The average molecular weight is 261 g/mol. The van der Waals surface area contributed by atoms with E-state index in [-0.39, 0.29) is 0 Å². The van der Waals surface area contributed by atoms with Crippen molar-refractivity contribution in [3.05, 3.63) is 29.3 Å². The second-order valence-corrected chi connectivity index (χ2v) is 5.94. The van der Waals surface area contributed by atoms with Gasteiger partial charge < -0.3 is 5.11 Å². The number of hydrogen-bond donors (Lipinski definition) is 1. The van der Waals surface area contributed by atoms with Gasteiger partial charge in [0.05, 0.1) is 0 Å². The van der Waals surface area contributed by atoms with Gasteiger partial charge in [-0.1, -0.05) is 26.8 Å². The Kier molecular flexibility index (Phi) is 4.87. The maximum atomic E-state index is 9.67. The Morgan fingerprint density at radius 2 is 1.79 bits per heavy atom. The summed E-state index contributed by atoms with van der Waals surface area (Å²) in [6, 6.07) is 6.52. The third-order valence-corrected chi connectivity index (χ3v) is 4.31. The molecule has 0 unspecified atom stereocenters. The first kappa shape index (κ1) is 14.4. The van der Waals surface area contributed by atoms with E-state index in [1.807, 2.05) is 12.1 Å². The van der Waals surface area contributed by atoms with Crippen LogP contribution in [0.1, 0.15) is 44.7 Å². The van der Waals surface area contributed by atoms with Crippen LogP contribution in [-0.4, -0.2) is 29.1 Å². The number of phenolic OH excluding ortho intramolecular Hbond substituents is 1. The molecular formula is C17H27NO. The van der Waals surface area contributed by atoms with Gasteiger partial charge in [-0.2, -0.15) is 0 Å². The van der Waals surface area contributed by atoms with E-state index in [4.69, 9.17) is 0 Å². The topological polar surface area (TPSA) is 23.5 Å². The van der Waals surface area contributed by atoms with Crippen molar-refractivity contribution in [3.8, 4) is 5.75 Å². The lowest BCUT2D eigenvalue weighted by Gasteiger charge is -2.39. The molecule has 2 rings (SSSR count). The first-order chi connectivity index (χ1) is 9.15. The van der Waals surface area contributed by atoms with Crippen molar-refractivity contribution < 1.29 is 5.11 Å². The highest BCUT2D eigenvalue weighted by molar-refractivity contribution is 5.37. The molecule has 0 fully saturated rings. The van der Waals surface area contributed by atoms with Crippen LogP contribution in [-0.2, 0) is 12.8 Å². The van der Waals surface area contributed by atoms with Gasteiger partial charge in [0.2, 0.25) is 0 Å². The number of nitrogens with zero attached hydrogens (tertiary/aromatic N) is 1. The smallest absolute Gasteiger partial charge is 0.115 e. The minimum Gasteiger partial charge on any atom is -0.508 e. The van der Waals surface area contributed by atoms with Crippen molar-refractivity contribution in [1.82, 2.24) is 4.90 Å². The van der Waals surface area contributed by atoms with Crippen LogP contribution in [0.5, 0.6) is 5.75 Å².